The monoisotopic (exact) mass is 384 g/mol. The number of aliphatic hydroxyl groups excluding tert-OH is 2. The Bertz CT molecular complexity index is 212. The Hall–Kier alpha value is 1.32. The highest BCUT2D eigenvalue weighted by molar-refractivity contribution is 8.07. The summed E-state index contributed by atoms with van der Waals surface area (Å²) in [4.78, 5) is 0. The van der Waals surface area contributed by atoms with Crippen LogP contribution in [0.1, 0.15) is 38.5 Å². The van der Waals surface area contributed by atoms with Crippen LogP contribution in [0.5, 0.6) is 0 Å². The van der Waals surface area contributed by atoms with E-state index in [2.05, 4.69) is 23.5 Å². The molecule has 0 aromatic carbocycles. The van der Waals surface area contributed by atoms with Gasteiger partial charge in [-0.3, -0.25) is 0 Å². The third-order valence-corrected chi connectivity index (χ3v) is 9.23. The SMILES string of the molecule is OCCCSCCCC1CSC(CCCSCCCO)CS1. The van der Waals surface area contributed by atoms with Crippen LogP contribution in [0.3, 0.4) is 0 Å². The van der Waals surface area contributed by atoms with Crippen LogP contribution in [0.25, 0.3) is 0 Å². The molecule has 22 heavy (non-hydrogen) atoms. The molecule has 2 N–H and O–H groups in total. The zero-order valence-electron chi connectivity index (χ0n) is 13.6. The first-order chi connectivity index (χ1) is 10.9. The molecule has 0 aromatic rings. The number of hydrogen-bond donors (Lipinski definition) is 2. The van der Waals surface area contributed by atoms with Gasteiger partial charge in [-0.15, -0.1) is 0 Å². The van der Waals surface area contributed by atoms with Crippen LogP contribution in [0.2, 0.25) is 0 Å². The Morgan fingerprint density at radius 2 is 1.09 bits per heavy atom. The molecule has 1 aliphatic heterocycles. The molecule has 0 saturated carbocycles. The van der Waals surface area contributed by atoms with Gasteiger partial charge >= 0.3 is 0 Å². The summed E-state index contributed by atoms with van der Waals surface area (Å²) in [5.41, 5.74) is 0. The smallest absolute Gasteiger partial charge is 0.0438 e. The summed E-state index contributed by atoms with van der Waals surface area (Å²) in [7, 11) is 0. The third-order valence-electron chi connectivity index (χ3n) is 3.56. The van der Waals surface area contributed by atoms with Crippen molar-refractivity contribution in [2.24, 2.45) is 0 Å². The summed E-state index contributed by atoms with van der Waals surface area (Å²) in [5, 5.41) is 19.2. The second kappa shape index (κ2) is 15.8. The fourth-order valence-corrected chi connectivity index (χ4v) is 7.31. The van der Waals surface area contributed by atoms with Gasteiger partial charge in [-0.25, -0.2) is 0 Å². The van der Waals surface area contributed by atoms with Gasteiger partial charge in [-0.2, -0.15) is 47.0 Å². The van der Waals surface area contributed by atoms with Crippen molar-refractivity contribution in [1.82, 2.24) is 0 Å². The normalized spacial score (nSPS) is 22.1. The third kappa shape index (κ3) is 11.8. The molecule has 1 aliphatic rings. The first-order valence-corrected chi connectivity index (χ1v) is 12.9. The topological polar surface area (TPSA) is 40.5 Å². The van der Waals surface area contributed by atoms with Crippen molar-refractivity contribution < 1.29 is 10.2 Å². The number of aliphatic hydroxyl groups is 2. The number of rotatable bonds is 14. The van der Waals surface area contributed by atoms with Gasteiger partial charge in [0.1, 0.15) is 0 Å². The van der Waals surface area contributed by atoms with Crippen LogP contribution < -0.4 is 0 Å². The van der Waals surface area contributed by atoms with E-state index in [0.29, 0.717) is 13.2 Å². The molecule has 2 nitrogen and oxygen atoms in total. The molecular formula is C16H32O2S4. The van der Waals surface area contributed by atoms with E-state index in [-0.39, 0.29) is 0 Å². The summed E-state index contributed by atoms with van der Waals surface area (Å²) in [6.07, 6.45) is 7.29. The predicted molar refractivity (Wildman–Crippen MR) is 109 cm³/mol. The Balaban J connectivity index is 1.88. The molecule has 132 valence electrons. The van der Waals surface area contributed by atoms with E-state index in [9.17, 15) is 0 Å². The molecule has 6 heteroatoms. The van der Waals surface area contributed by atoms with Crippen molar-refractivity contribution in [2.75, 3.05) is 47.7 Å². The van der Waals surface area contributed by atoms with Crippen LogP contribution in [0, 0.1) is 0 Å². The van der Waals surface area contributed by atoms with Gasteiger partial charge in [0.25, 0.3) is 0 Å². The molecule has 1 rings (SSSR count). The van der Waals surface area contributed by atoms with Gasteiger partial charge in [0.2, 0.25) is 0 Å². The van der Waals surface area contributed by atoms with Crippen molar-refractivity contribution in [3.8, 4) is 0 Å². The van der Waals surface area contributed by atoms with Gasteiger partial charge in [-0.05, 0) is 61.5 Å². The highest BCUT2D eigenvalue weighted by Gasteiger charge is 2.21. The lowest BCUT2D eigenvalue weighted by Gasteiger charge is -2.27. The zero-order chi connectivity index (χ0) is 15.9. The van der Waals surface area contributed by atoms with Crippen molar-refractivity contribution >= 4 is 47.0 Å². The molecule has 0 amide bonds. The molecule has 1 heterocycles. The van der Waals surface area contributed by atoms with Crippen LogP contribution in [0.15, 0.2) is 0 Å². The number of thioether (sulfide) groups is 4. The van der Waals surface area contributed by atoms with Crippen molar-refractivity contribution in [3.05, 3.63) is 0 Å². The molecule has 2 unspecified atom stereocenters. The Kier molecular flexibility index (Phi) is 15.4. The van der Waals surface area contributed by atoms with Gasteiger partial charge in [0.05, 0.1) is 0 Å². The van der Waals surface area contributed by atoms with Crippen LogP contribution >= 0.6 is 47.0 Å². The molecule has 1 fully saturated rings. The minimum atomic E-state index is 0.337. The molecule has 0 spiro atoms. The first-order valence-electron chi connectivity index (χ1n) is 8.47. The van der Waals surface area contributed by atoms with E-state index in [1.54, 1.807) is 0 Å². The second-order valence-electron chi connectivity index (χ2n) is 5.57. The fraction of sp³-hybridized carbons (Fsp3) is 1.00. The molecular weight excluding hydrogens is 352 g/mol. The lowest BCUT2D eigenvalue weighted by atomic mass is 10.2. The average Bonchev–Trinajstić information content (AvgIpc) is 2.55. The number of hydrogen-bond acceptors (Lipinski definition) is 6. The minimum absolute atomic E-state index is 0.337. The summed E-state index contributed by atoms with van der Waals surface area (Å²) in [6.45, 7) is 0.674. The van der Waals surface area contributed by atoms with Crippen LogP contribution in [-0.4, -0.2) is 68.4 Å². The molecule has 0 bridgehead atoms. The van der Waals surface area contributed by atoms with Gasteiger partial charge in [0.15, 0.2) is 0 Å². The van der Waals surface area contributed by atoms with Crippen LogP contribution in [-0.2, 0) is 0 Å². The second-order valence-corrected chi connectivity index (χ2v) is 10.7. The van der Waals surface area contributed by atoms with Crippen molar-refractivity contribution in [2.45, 2.75) is 49.0 Å². The zero-order valence-corrected chi connectivity index (χ0v) is 16.8. The van der Waals surface area contributed by atoms with Crippen molar-refractivity contribution in [1.29, 1.82) is 0 Å². The summed E-state index contributed by atoms with van der Waals surface area (Å²) < 4.78 is 0. The standard InChI is InChI=1S/C16H32O2S4/c17-7-3-11-19-9-1-5-15-13-22-16(14-21-15)6-2-10-20-12-4-8-18/h15-18H,1-14H2. The van der Waals surface area contributed by atoms with E-state index >= 15 is 0 Å². The Labute approximate surface area is 153 Å². The van der Waals surface area contributed by atoms with E-state index < -0.39 is 0 Å². The first kappa shape index (κ1) is 21.4. The highest BCUT2D eigenvalue weighted by atomic mass is 32.2. The maximum absolute atomic E-state index is 8.74. The maximum Gasteiger partial charge on any atom is 0.0438 e. The maximum atomic E-state index is 8.74. The van der Waals surface area contributed by atoms with E-state index in [1.165, 1.54) is 48.7 Å². The summed E-state index contributed by atoms with van der Waals surface area (Å²) >= 11 is 8.39. The molecule has 1 saturated heterocycles. The van der Waals surface area contributed by atoms with E-state index in [0.717, 1.165) is 34.8 Å². The van der Waals surface area contributed by atoms with Crippen molar-refractivity contribution in [3.63, 3.8) is 0 Å². The summed E-state index contributed by atoms with van der Waals surface area (Å²) in [5.74, 6) is 7.43. The Morgan fingerprint density at radius 1 is 0.682 bits per heavy atom. The lowest BCUT2D eigenvalue weighted by molar-refractivity contribution is 0.296. The molecule has 0 aliphatic carbocycles. The lowest BCUT2D eigenvalue weighted by Crippen LogP contribution is -2.21. The highest BCUT2D eigenvalue weighted by Crippen LogP contribution is 2.34. The Morgan fingerprint density at radius 3 is 1.45 bits per heavy atom. The van der Waals surface area contributed by atoms with Gasteiger partial charge in [0, 0.05) is 35.2 Å². The fourth-order valence-electron chi connectivity index (χ4n) is 2.28. The summed E-state index contributed by atoms with van der Waals surface area (Å²) in [6, 6.07) is 0. The molecule has 0 radical (unpaired) electrons. The van der Waals surface area contributed by atoms with E-state index in [1.807, 2.05) is 23.5 Å². The van der Waals surface area contributed by atoms with Gasteiger partial charge in [-0.1, -0.05) is 0 Å². The van der Waals surface area contributed by atoms with E-state index in [4.69, 9.17) is 10.2 Å². The molecule has 0 aromatic heterocycles. The quantitative estimate of drug-likeness (QED) is 0.441. The molecule has 2 atom stereocenters. The minimum Gasteiger partial charge on any atom is -0.396 e. The average molecular weight is 385 g/mol. The largest absolute Gasteiger partial charge is 0.396 e. The van der Waals surface area contributed by atoms with Gasteiger partial charge < -0.3 is 10.2 Å². The predicted octanol–water partition coefficient (Wildman–Crippen LogP) is 4.00. The van der Waals surface area contributed by atoms with Crippen LogP contribution in [0.4, 0.5) is 0 Å².